The van der Waals surface area contributed by atoms with E-state index in [1.165, 1.54) is 12.1 Å². The largest absolute Gasteiger partial charge is 0.478 e. The zero-order valence-corrected chi connectivity index (χ0v) is 11.0. The van der Waals surface area contributed by atoms with Gasteiger partial charge >= 0.3 is 12.1 Å². The normalized spacial score (nSPS) is 13.0. The molecule has 0 spiro atoms. The minimum Gasteiger partial charge on any atom is -0.478 e. The van der Waals surface area contributed by atoms with Crippen LogP contribution >= 0.6 is 11.6 Å². The van der Waals surface area contributed by atoms with Crippen LogP contribution in [0.15, 0.2) is 36.4 Å². The van der Waals surface area contributed by atoms with Crippen LogP contribution in [-0.2, 0) is 9.59 Å². The fraction of sp³-hybridized carbons (Fsp3) is 0.167. The first-order valence-electron chi connectivity index (χ1n) is 5.38. The lowest BCUT2D eigenvalue weighted by Crippen LogP contribution is -2.32. The van der Waals surface area contributed by atoms with E-state index in [0.29, 0.717) is 6.08 Å². The lowest BCUT2D eigenvalue weighted by atomic mass is 10.3. The molecule has 0 radical (unpaired) electrons. The Labute approximate surface area is 122 Å². The Kier molecular flexibility index (Phi) is 5.60. The van der Waals surface area contributed by atoms with E-state index in [0.717, 1.165) is 18.2 Å². The van der Waals surface area contributed by atoms with Gasteiger partial charge in [0.1, 0.15) is 5.75 Å². The predicted molar refractivity (Wildman–Crippen MR) is 68.2 cm³/mol. The molecule has 0 aliphatic heterocycles. The summed E-state index contributed by atoms with van der Waals surface area (Å²) in [5.41, 5.74) is -2.80. The Morgan fingerprint density at radius 2 is 1.86 bits per heavy atom. The van der Waals surface area contributed by atoms with Crippen molar-refractivity contribution in [3.05, 3.63) is 36.4 Å². The molecule has 9 heteroatoms. The van der Waals surface area contributed by atoms with Gasteiger partial charge in [-0.15, -0.1) is 0 Å². The Balaban J connectivity index is 2.66. The second-order valence-corrected chi connectivity index (χ2v) is 4.03. The van der Waals surface area contributed by atoms with Gasteiger partial charge in [-0.2, -0.15) is 8.78 Å². The minimum atomic E-state index is -4.18. The summed E-state index contributed by atoms with van der Waals surface area (Å²) in [5.74, 6) is -2.37. The van der Waals surface area contributed by atoms with Gasteiger partial charge in [0.15, 0.2) is 0 Å². The lowest BCUT2D eigenvalue weighted by molar-refractivity contribution is -0.199. The Morgan fingerprint density at radius 1 is 1.29 bits per heavy atom. The van der Waals surface area contributed by atoms with Gasteiger partial charge in [0.25, 0.3) is 5.63 Å². The highest BCUT2D eigenvalue weighted by Gasteiger charge is 2.42. The summed E-state index contributed by atoms with van der Waals surface area (Å²) < 4.78 is 42.1. The molecular weight excluding hydrogens is 315 g/mol. The molecule has 5 nitrogen and oxygen atoms in total. The van der Waals surface area contributed by atoms with Crippen molar-refractivity contribution in [1.82, 2.24) is 0 Å². The maximum atomic E-state index is 12.9. The molecule has 0 fully saturated rings. The number of alkyl halides is 4. The first-order valence-corrected chi connectivity index (χ1v) is 5.81. The summed E-state index contributed by atoms with van der Waals surface area (Å²) in [7, 11) is 0. The molecule has 0 saturated carbocycles. The van der Waals surface area contributed by atoms with Crippen molar-refractivity contribution in [2.45, 2.75) is 11.7 Å². The summed E-state index contributed by atoms with van der Waals surface area (Å²) in [5, 5.41) is 10.6. The van der Waals surface area contributed by atoms with E-state index in [4.69, 9.17) is 5.11 Å². The van der Waals surface area contributed by atoms with Crippen LogP contribution in [0.25, 0.3) is 0 Å². The van der Waals surface area contributed by atoms with Crippen LogP contribution in [0.4, 0.5) is 18.9 Å². The number of amides is 1. The van der Waals surface area contributed by atoms with Crippen molar-refractivity contribution < 1.29 is 32.6 Å². The molecule has 1 aromatic rings. The topological polar surface area (TPSA) is 75.6 Å². The molecule has 0 bridgehead atoms. The average molecular weight is 324 g/mol. The maximum Gasteiger partial charge on any atom is 0.444 e. The van der Waals surface area contributed by atoms with Gasteiger partial charge in [-0.25, -0.2) is 9.18 Å². The van der Waals surface area contributed by atoms with Gasteiger partial charge in [0.05, 0.1) is 0 Å². The number of nitrogens with one attached hydrogen (secondary N) is 1. The second-order valence-electron chi connectivity index (χ2n) is 3.65. The lowest BCUT2D eigenvalue weighted by Gasteiger charge is -2.17. The molecule has 114 valence electrons. The van der Waals surface area contributed by atoms with Gasteiger partial charge in [0.2, 0.25) is 5.91 Å². The molecule has 2 N–H and O–H groups in total. The number of benzene rings is 1. The van der Waals surface area contributed by atoms with Gasteiger partial charge in [-0.1, -0.05) is 11.6 Å². The third-order valence-corrected chi connectivity index (χ3v) is 2.26. The molecule has 21 heavy (non-hydrogen) atoms. The van der Waals surface area contributed by atoms with Crippen LogP contribution in [0.5, 0.6) is 5.75 Å². The van der Waals surface area contributed by atoms with Crippen LogP contribution in [0.1, 0.15) is 0 Å². The monoisotopic (exact) mass is 323 g/mol. The molecule has 0 aromatic heterocycles. The van der Waals surface area contributed by atoms with Gasteiger partial charge in [-0.05, 0) is 24.3 Å². The van der Waals surface area contributed by atoms with Gasteiger partial charge < -0.3 is 15.2 Å². The van der Waals surface area contributed by atoms with E-state index in [2.05, 4.69) is 21.7 Å². The van der Waals surface area contributed by atoms with E-state index >= 15 is 0 Å². The smallest absolute Gasteiger partial charge is 0.444 e. The van der Waals surface area contributed by atoms with E-state index in [9.17, 15) is 22.8 Å². The number of rotatable bonds is 6. The van der Waals surface area contributed by atoms with Crippen LogP contribution in [0.3, 0.4) is 0 Å². The zero-order valence-electron chi connectivity index (χ0n) is 10.2. The molecule has 0 saturated heterocycles. The van der Waals surface area contributed by atoms with Crippen LogP contribution < -0.4 is 10.1 Å². The van der Waals surface area contributed by atoms with Crippen LogP contribution in [-0.4, -0.2) is 28.7 Å². The summed E-state index contributed by atoms with van der Waals surface area (Å²) in [6.45, 7) is 0. The fourth-order valence-electron chi connectivity index (χ4n) is 1.14. The highest BCUT2D eigenvalue weighted by atomic mass is 35.5. The Morgan fingerprint density at radius 3 is 2.33 bits per heavy atom. The van der Waals surface area contributed by atoms with Crippen LogP contribution in [0.2, 0.25) is 0 Å². The Hall–Kier alpha value is -2.22. The maximum absolute atomic E-state index is 12.9. The number of carboxylic acid groups (broad SMARTS) is 1. The number of ether oxygens (including phenoxy) is 1. The number of hydrogen-bond donors (Lipinski definition) is 2. The van der Waals surface area contributed by atoms with Crippen molar-refractivity contribution >= 4 is 29.2 Å². The Bertz CT molecular complexity index is 546. The van der Waals surface area contributed by atoms with Crippen molar-refractivity contribution in [2.24, 2.45) is 0 Å². The molecular formula is C12H9ClF3NO4. The third-order valence-electron chi connectivity index (χ3n) is 2.01. The quantitative estimate of drug-likeness (QED) is 0.623. The van der Waals surface area contributed by atoms with E-state index in [1.54, 1.807) is 0 Å². The van der Waals surface area contributed by atoms with Crippen molar-refractivity contribution in [2.75, 3.05) is 5.32 Å². The first kappa shape index (κ1) is 16.8. The molecule has 0 aliphatic rings. The van der Waals surface area contributed by atoms with Gasteiger partial charge in [0, 0.05) is 17.8 Å². The molecule has 1 unspecified atom stereocenters. The SMILES string of the molecule is O=C(O)C=CC(=O)Nc1ccc(OC(F)(F)C(F)Cl)cc1. The van der Waals surface area contributed by atoms with E-state index in [-0.39, 0.29) is 11.4 Å². The first-order chi connectivity index (χ1) is 9.70. The minimum absolute atomic E-state index is 0.202. The predicted octanol–water partition coefficient (Wildman–Crippen LogP) is 2.77. The van der Waals surface area contributed by atoms with Crippen LogP contribution in [0, 0.1) is 0 Å². The third kappa shape index (κ3) is 5.74. The van der Waals surface area contributed by atoms with Crippen molar-refractivity contribution in [3.63, 3.8) is 0 Å². The number of hydrogen-bond acceptors (Lipinski definition) is 3. The number of anilines is 1. The summed E-state index contributed by atoms with van der Waals surface area (Å²) in [4.78, 5) is 21.4. The highest BCUT2D eigenvalue weighted by molar-refractivity contribution is 6.20. The zero-order chi connectivity index (χ0) is 16.0. The fourth-order valence-corrected chi connectivity index (χ4v) is 1.18. The van der Waals surface area contributed by atoms with Crippen molar-refractivity contribution in [1.29, 1.82) is 0 Å². The summed E-state index contributed by atoms with van der Waals surface area (Å²) >= 11 is 4.63. The molecule has 1 rings (SSSR count). The van der Waals surface area contributed by atoms with Gasteiger partial charge in [-0.3, -0.25) is 4.79 Å². The number of carbonyl (C=O) groups excluding carboxylic acids is 1. The van der Waals surface area contributed by atoms with E-state index < -0.39 is 23.6 Å². The molecule has 1 aromatic carbocycles. The average Bonchev–Trinajstić information content (AvgIpc) is 2.38. The van der Waals surface area contributed by atoms with Crippen molar-refractivity contribution in [3.8, 4) is 5.75 Å². The summed E-state index contributed by atoms with van der Waals surface area (Å²) in [6, 6.07) is 4.53. The number of aliphatic carboxylic acids is 1. The number of carboxylic acids is 1. The second kappa shape index (κ2) is 6.98. The standard InChI is InChI=1S/C12H9ClF3NO4/c13-11(14)12(15,16)21-8-3-1-7(2-4-8)17-9(18)5-6-10(19)20/h1-6,11H,(H,17,18)(H,19,20). The molecule has 1 amide bonds. The molecule has 0 aliphatic carbocycles. The van der Waals surface area contributed by atoms with E-state index in [1.807, 2.05) is 0 Å². The molecule has 0 heterocycles. The number of halogens is 4. The molecule has 1 atom stereocenters. The highest BCUT2D eigenvalue weighted by Crippen LogP contribution is 2.29. The number of carbonyl (C=O) groups is 2. The summed E-state index contributed by atoms with van der Waals surface area (Å²) in [6.07, 6.45) is -2.77.